The van der Waals surface area contributed by atoms with Crippen molar-refractivity contribution in [1.29, 1.82) is 0 Å². The first-order valence-electron chi connectivity index (χ1n) is 6.87. The van der Waals surface area contributed by atoms with Gasteiger partial charge >= 0.3 is 0 Å². The Kier molecular flexibility index (Phi) is 4.25. The first-order valence-corrected chi connectivity index (χ1v) is 6.87. The zero-order chi connectivity index (χ0) is 13.8. The third-order valence-corrected chi connectivity index (χ3v) is 3.59. The highest BCUT2D eigenvalue weighted by atomic mass is 16.5. The number of nitrogens with one attached hydrogen (secondary N) is 1. The van der Waals surface area contributed by atoms with Gasteiger partial charge < -0.3 is 9.72 Å². The number of fused-ring (bicyclic) bond motifs is 1. The third kappa shape index (κ3) is 2.65. The highest BCUT2D eigenvalue weighted by Crippen LogP contribution is 2.30. The van der Waals surface area contributed by atoms with Crippen LogP contribution in [-0.2, 0) is 0 Å². The molecule has 102 valence electrons. The fourth-order valence-electron chi connectivity index (χ4n) is 2.42. The number of H-pyrrole nitrogens is 1. The molecule has 1 N–H and O–H groups in total. The van der Waals surface area contributed by atoms with E-state index >= 15 is 0 Å². The number of unbranched alkanes of at least 4 members (excludes halogenated alkanes) is 1. The summed E-state index contributed by atoms with van der Waals surface area (Å²) >= 11 is 0. The van der Waals surface area contributed by atoms with Crippen molar-refractivity contribution >= 4 is 16.7 Å². The summed E-state index contributed by atoms with van der Waals surface area (Å²) in [6.45, 7) is 4.15. The number of hydrogen-bond acceptors (Lipinski definition) is 2. The van der Waals surface area contributed by atoms with Gasteiger partial charge in [0.1, 0.15) is 5.75 Å². The minimum Gasteiger partial charge on any atom is -0.496 e. The number of carbonyl (C=O) groups is 1. The predicted octanol–water partition coefficient (Wildman–Crippen LogP) is 4.19. The molecule has 0 fully saturated rings. The highest BCUT2D eigenvalue weighted by molar-refractivity contribution is 6.10. The molecule has 1 aromatic heterocycles. The van der Waals surface area contributed by atoms with Crippen molar-refractivity contribution in [2.45, 2.75) is 33.1 Å². The van der Waals surface area contributed by atoms with Crippen LogP contribution in [0, 0.1) is 5.92 Å². The van der Waals surface area contributed by atoms with E-state index < -0.39 is 0 Å². The second kappa shape index (κ2) is 5.91. The zero-order valence-corrected chi connectivity index (χ0v) is 11.8. The summed E-state index contributed by atoms with van der Waals surface area (Å²) in [6.07, 6.45) is 4.95. The molecule has 0 spiro atoms. The maximum atomic E-state index is 12.5. The van der Waals surface area contributed by atoms with Crippen LogP contribution in [0.1, 0.15) is 43.5 Å². The number of Topliss-reactive ketones (excluding diaryl/α,β-unsaturated/α-hetero) is 1. The predicted molar refractivity (Wildman–Crippen MR) is 77.9 cm³/mol. The van der Waals surface area contributed by atoms with Crippen LogP contribution < -0.4 is 4.74 Å². The van der Waals surface area contributed by atoms with Gasteiger partial charge in [-0.1, -0.05) is 32.8 Å². The molecule has 0 aliphatic carbocycles. The van der Waals surface area contributed by atoms with Gasteiger partial charge in [-0.05, 0) is 18.6 Å². The van der Waals surface area contributed by atoms with Gasteiger partial charge in [0.25, 0.3) is 0 Å². The van der Waals surface area contributed by atoms with Gasteiger partial charge in [-0.25, -0.2) is 0 Å². The van der Waals surface area contributed by atoms with E-state index in [0.717, 1.165) is 41.5 Å². The van der Waals surface area contributed by atoms with E-state index in [1.165, 1.54) is 0 Å². The molecule has 3 heteroatoms. The maximum absolute atomic E-state index is 12.5. The molecule has 3 nitrogen and oxygen atoms in total. The van der Waals surface area contributed by atoms with E-state index in [9.17, 15) is 4.79 Å². The van der Waals surface area contributed by atoms with Gasteiger partial charge in [-0.15, -0.1) is 0 Å². The zero-order valence-electron chi connectivity index (χ0n) is 11.8. The Morgan fingerprint density at radius 1 is 1.42 bits per heavy atom. The van der Waals surface area contributed by atoms with Crippen LogP contribution in [0.4, 0.5) is 0 Å². The van der Waals surface area contributed by atoms with Crippen molar-refractivity contribution in [3.63, 3.8) is 0 Å². The summed E-state index contributed by atoms with van der Waals surface area (Å²) < 4.78 is 5.37. The second-order valence-electron chi connectivity index (χ2n) is 4.99. The number of hydrogen-bond donors (Lipinski definition) is 1. The SMILES string of the molecule is CCCCC(C)C(=O)c1c[nH]c2cccc(OC)c12. The van der Waals surface area contributed by atoms with Gasteiger partial charge in [0.15, 0.2) is 5.78 Å². The van der Waals surface area contributed by atoms with Crippen molar-refractivity contribution in [1.82, 2.24) is 4.98 Å². The monoisotopic (exact) mass is 259 g/mol. The van der Waals surface area contributed by atoms with Gasteiger partial charge in [0, 0.05) is 23.2 Å². The van der Waals surface area contributed by atoms with Gasteiger partial charge in [-0.3, -0.25) is 4.79 Å². The molecule has 1 atom stereocenters. The molecule has 1 heterocycles. The summed E-state index contributed by atoms with van der Waals surface area (Å²) in [4.78, 5) is 15.7. The van der Waals surface area contributed by atoms with E-state index in [1.807, 2.05) is 25.1 Å². The molecule has 0 aliphatic heterocycles. The number of ether oxygens (including phenoxy) is 1. The van der Waals surface area contributed by atoms with Crippen LogP contribution in [0.2, 0.25) is 0 Å². The number of rotatable bonds is 6. The quantitative estimate of drug-likeness (QED) is 0.790. The van der Waals surface area contributed by atoms with Crippen LogP contribution in [0.25, 0.3) is 10.9 Å². The number of aromatic amines is 1. The molecular weight excluding hydrogens is 238 g/mol. The normalized spacial score (nSPS) is 12.6. The summed E-state index contributed by atoms with van der Waals surface area (Å²) in [7, 11) is 1.64. The van der Waals surface area contributed by atoms with Crippen LogP contribution in [0.5, 0.6) is 5.75 Å². The first kappa shape index (κ1) is 13.7. The standard InChI is InChI=1S/C16H21NO2/c1-4-5-7-11(2)16(18)12-10-17-13-8-6-9-14(19-3)15(12)13/h6,8-11,17H,4-5,7H2,1-3H3. The summed E-state index contributed by atoms with van der Waals surface area (Å²) in [5.41, 5.74) is 1.70. The van der Waals surface area contributed by atoms with Gasteiger partial charge in [0.05, 0.1) is 12.5 Å². The molecule has 1 unspecified atom stereocenters. The lowest BCUT2D eigenvalue weighted by atomic mass is 9.94. The van der Waals surface area contributed by atoms with Crippen molar-refractivity contribution in [3.05, 3.63) is 30.0 Å². The molecule has 0 amide bonds. The molecule has 2 rings (SSSR count). The van der Waals surface area contributed by atoms with Crippen LogP contribution in [0.15, 0.2) is 24.4 Å². The van der Waals surface area contributed by atoms with Crippen LogP contribution >= 0.6 is 0 Å². The first-order chi connectivity index (χ1) is 9.19. The minimum absolute atomic E-state index is 0.0591. The summed E-state index contributed by atoms with van der Waals surface area (Å²) in [6, 6.07) is 5.78. The summed E-state index contributed by atoms with van der Waals surface area (Å²) in [5, 5.41) is 0.901. The van der Waals surface area contributed by atoms with Gasteiger partial charge in [-0.2, -0.15) is 0 Å². The topological polar surface area (TPSA) is 42.1 Å². The fourth-order valence-corrected chi connectivity index (χ4v) is 2.42. The number of carbonyl (C=O) groups excluding carboxylic acids is 1. The van der Waals surface area contributed by atoms with Gasteiger partial charge in [0.2, 0.25) is 0 Å². The molecule has 0 saturated carbocycles. The Balaban J connectivity index is 2.37. The van der Waals surface area contributed by atoms with Crippen molar-refractivity contribution in [3.8, 4) is 5.75 Å². The van der Waals surface area contributed by atoms with Crippen LogP contribution in [-0.4, -0.2) is 17.9 Å². The molecule has 1 aromatic carbocycles. The number of methoxy groups -OCH3 is 1. The third-order valence-electron chi connectivity index (χ3n) is 3.59. The number of aromatic nitrogens is 1. The highest BCUT2D eigenvalue weighted by Gasteiger charge is 2.20. The second-order valence-corrected chi connectivity index (χ2v) is 4.99. The average molecular weight is 259 g/mol. The Morgan fingerprint density at radius 2 is 2.21 bits per heavy atom. The Bertz CT molecular complexity index is 571. The van der Waals surface area contributed by atoms with E-state index in [0.29, 0.717) is 0 Å². The lowest BCUT2D eigenvalue weighted by Crippen LogP contribution is -2.11. The average Bonchev–Trinajstić information content (AvgIpc) is 2.87. The van der Waals surface area contributed by atoms with E-state index in [4.69, 9.17) is 4.74 Å². The smallest absolute Gasteiger partial charge is 0.167 e. The molecule has 0 radical (unpaired) electrons. The molecular formula is C16H21NO2. The number of benzene rings is 1. The maximum Gasteiger partial charge on any atom is 0.167 e. The molecule has 0 bridgehead atoms. The largest absolute Gasteiger partial charge is 0.496 e. The Hall–Kier alpha value is -1.77. The Morgan fingerprint density at radius 3 is 2.89 bits per heavy atom. The minimum atomic E-state index is 0.0591. The molecule has 0 saturated heterocycles. The Labute approximate surface area is 114 Å². The lowest BCUT2D eigenvalue weighted by molar-refractivity contribution is 0.0924. The van der Waals surface area contributed by atoms with E-state index in [1.54, 1.807) is 13.3 Å². The fraction of sp³-hybridized carbons (Fsp3) is 0.438. The van der Waals surface area contributed by atoms with E-state index in [-0.39, 0.29) is 11.7 Å². The number of ketones is 1. The molecule has 2 aromatic rings. The van der Waals surface area contributed by atoms with Crippen LogP contribution in [0.3, 0.4) is 0 Å². The van der Waals surface area contributed by atoms with Crippen molar-refractivity contribution in [2.75, 3.05) is 7.11 Å². The summed E-state index contributed by atoms with van der Waals surface area (Å²) in [5.74, 6) is 1.01. The van der Waals surface area contributed by atoms with E-state index in [2.05, 4.69) is 11.9 Å². The molecule has 0 aliphatic rings. The molecule has 19 heavy (non-hydrogen) atoms. The lowest BCUT2D eigenvalue weighted by Gasteiger charge is -2.10. The van der Waals surface area contributed by atoms with Crippen molar-refractivity contribution < 1.29 is 9.53 Å². The van der Waals surface area contributed by atoms with Crippen molar-refractivity contribution in [2.24, 2.45) is 5.92 Å².